The van der Waals surface area contributed by atoms with E-state index in [4.69, 9.17) is 5.41 Å². The number of nitrogens with one attached hydrogen (secondary N) is 1. The zero-order valence-corrected chi connectivity index (χ0v) is 8.96. The maximum atomic E-state index is 7.77. The van der Waals surface area contributed by atoms with E-state index in [1.807, 2.05) is 25.1 Å². The van der Waals surface area contributed by atoms with Crippen molar-refractivity contribution in [2.24, 2.45) is 0 Å². The molecule has 0 amide bonds. The van der Waals surface area contributed by atoms with Crippen molar-refractivity contribution in [1.29, 1.82) is 5.41 Å². The van der Waals surface area contributed by atoms with Gasteiger partial charge < -0.3 is 4.90 Å². The number of rotatable bonds is 4. The highest BCUT2D eigenvalue weighted by Gasteiger charge is 2.05. The monoisotopic (exact) mass is 190 g/mol. The number of benzene rings is 1. The Morgan fingerprint density at radius 3 is 2.36 bits per heavy atom. The van der Waals surface area contributed by atoms with Crippen molar-refractivity contribution in [3.8, 4) is 0 Å². The number of nitrogens with zero attached hydrogens (tertiary/aromatic N) is 1. The molecule has 1 aromatic carbocycles. The van der Waals surface area contributed by atoms with Gasteiger partial charge in [0.1, 0.15) is 0 Å². The van der Waals surface area contributed by atoms with Gasteiger partial charge in [0.15, 0.2) is 0 Å². The van der Waals surface area contributed by atoms with Crippen LogP contribution in [0, 0.1) is 5.41 Å². The van der Waals surface area contributed by atoms with Crippen LogP contribution in [0.25, 0.3) is 0 Å². The van der Waals surface area contributed by atoms with Crippen molar-refractivity contribution in [3.63, 3.8) is 0 Å². The molecule has 1 rings (SSSR count). The van der Waals surface area contributed by atoms with Crippen LogP contribution in [0.2, 0.25) is 0 Å². The average molecular weight is 190 g/mol. The minimum Gasteiger partial charge on any atom is -0.357 e. The van der Waals surface area contributed by atoms with E-state index in [-0.39, 0.29) is 0 Å². The van der Waals surface area contributed by atoms with Crippen LogP contribution < -0.4 is 0 Å². The van der Waals surface area contributed by atoms with Crippen molar-refractivity contribution in [2.45, 2.75) is 26.8 Å². The van der Waals surface area contributed by atoms with Gasteiger partial charge in [-0.25, -0.2) is 0 Å². The first kappa shape index (κ1) is 10.8. The SMILES string of the molecule is CCC(=N)N(CC)Cc1ccccc1. The van der Waals surface area contributed by atoms with E-state index < -0.39 is 0 Å². The van der Waals surface area contributed by atoms with Crippen LogP contribution in [0.5, 0.6) is 0 Å². The third-order valence-electron chi connectivity index (χ3n) is 2.31. The molecule has 1 N–H and O–H groups in total. The Morgan fingerprint density at radius 2 is 1.86 bits per heavy atom. The molecule has 0 fully saturated rings. The molecule has 0 aliphatic heterocycles. The highest BCUT2D eigenvalue weighted by atomic mass is 15.2. The summed E-state index contributed by atoms with van der Waals surface area (Å²) in [6.07, 6.45) is 0.806. The molecule has 76 valence electrons. The smallest absolute Gasteiger partial charge is 0.0957 e. The minimum absolute atomic E-state index is 0.719. The van der Waals surface area contributed by atoms with E-state index in [9.17, 15) is 0 Å². The Kier molecular flexibility index (Phi) is 4.17. The summed E-state index contributed by atoms with van der Waals surface area (Å²) >= 11 is 0. The predicted octanol–water partition coefficient (Wildman–Crippen LogP) is 2.90. The first-order chi connectivity index (χ1) is 6.77. The molecule has 0 aliphatic rings. The molecule has 0 unspecified atom stereocenters. The van der Waals surface area contributed by atoms with Crippen LogP contribution in [0.4, 0.5) is 0 Å². The lowest BCUT2D eigenvalue weighted by Gasteiger charge is -2.22. The molecule has 0 aromatic heterocycles. The van der Waals surface area contributed by atoms with Crippen molar-refractivity contribution < 1.29 is 0 Å². The van der Waals surface area contributed by atoms with E-state index in [1.165, 1.54) is 5.56 Å². The summed E-state index contributed by atoms with van der Waals surface area (Å²) in [7, 11) is 0. The normalized spacial score (nSPS) is 9.86. The molecular weight excluding hydrogens is 172 g/mol. The molecule has 0 atom stereocenters. The fourth-order valence-electron chi connectivity index (χ4n) is 1.43. The summed E-state index contributed by atoms with van der Waals surface area (Å²) in [4.78, 5) is 2.09. The van der Waals surface area contributed by atoms with Gasteiger partial charge in [-0.2, -0.15) is 0 Å². The van der Waals surface area contributed by atoms with Crippen LogP contribution in [-0.2, 0) is 6.54 Å². The fraction of sp³-hybridized carbons (Fsp3) is 0.417. The van der Waals surface area contributed by atoms with Crippen LogP contribution in [-0.4, -0.2) is 17.3 Å². The van der Waals surface area contributed by atoms with Gasteiger partial charge in [0, 0.05) is 19.5 Å². The highest BCUT2D eigenvalue weighted by Crippen LogP contribution is 2.05. The van der Waals surface area contributed by atoms with Gasteiger partial charge >= 0.3 is 0 Å². The lowest BCUT2D eigenvalue weighted by Crippen LogP contribution is -2.28. The van der Waals surface area contributed by atoms with E-state index >= 15 is 0 Å². The first-order valence-corrected chi connectivity index (χ1v) is 5.14. The van der Waals surface area contributed by atoms with Gasteiger partial charge in [-0.1, -0.05) is 37.3 Å². The fourth-order valence-corrected chi connectivity index (χ4v) is 1.43. The van der Waals surface area contributed by atoms with E-state index in [0.29, 0.717) is 0 Å². The Hall–Kier alpha value is -1.31. The summed E-state index contributed by atoms with van der Waals surface area (Å²) in [6, 6.07) is 10.3. The van der Waals surface area contributed by atoms with Gasteiger partial charge in [0.25, 0.3) is 0 Å². The van der Waals surface area contributed by atoms with E-state index in [2.05, 4.69) is 24.0 Å². The summed E-state index contributed by atoms with van der Waals surface area (Å²) in [5, 5.41) is 7.77. The molecule has 2 heteroatoms. The van der Waals surface area contributed by atoms with Crippen molar-refractivity contribution in [2.75, 3.05) is 6.54 Å². The average Bonchev–Trinajstić information content (AvgIpc) is 2.26. The molecule has 1 aromatic rings. The molecule has 0 heterocycles. The van der Waals surface area contributed by atoms with Gasteiger partial charge in [-0.05, 0) is 12.5 Å². The standard InChI is InChI=1S/C12H18N2/c1-3-12(13)14(4-2)10-11-8-6-5-7-9-11/h5-9,13H,3-4,10H2,1-2H3. The topological polar surface area (TPSA) is 27.1 Å². The molecule has 0 saturated carbocycles. The van der Waals surface area contributed by atoms with Crippen LogP contribution >= 0.6 is 0 Å². The molecule has 0 spiro atoms. The van der Waals surface area contributed by atoms with Gasteiger partial charge in [-0.15, -0.1) is 0 Å². The van der Waals surface area contributed by atoms with Gasteiger partial charge in [-0.3, -0.25) is 5.41 Å². The predicted molar refractivity (Wildman–Crippen MR) is 60.5 cm³/mol. The molecular formula is C12H18N2. The molecule has 0 saturated heterocycles. The Labute approximate surface area is 86.1 Å². The van der Waals surface area contributed by atoms with E-state index in [0.717, 1.165) is 25.3 Å². The Balaban J connectivity index is 2.62. The summed E-state index contributed by atoms with van der Waals surface area (Å²) < 4.78 is 0. The molecule has 0 radical (unpaired) electrons. The zero-order chi connectivity index (χ0) is 10.4. The highest BCUT2D eigenvalue weighted by molar-refractivity contribution is 5.78. The number of amidine groups is 1. The van der Waals surface area contributed by atoms with Crippen LogP contribution in [0.1, 0.15) is 25.8 Å². The van der Waals surface area contributed by atoms with Crippen molar-refractivity contribution in [1.82, 2.24) is 4.90 Å². The Morgan fingerprint density at radius 1 is 1.21 bits per heavy atom. The van der Waals surface area contributed by atoms with E-state index in [1.54, 1.807) is 0 Å². The summed E-state index contributed by atoms with van der Waals surface area (Å²) in [6.45, 7) is 5.87. The number of hydrogen-bond acceptors (Lipinski definition) is 1. The zero-order valence-electron chi connectivity index (χ0n) is 8.96. The van der Waals surface area contributed by atoms with Crippen LogP contribution in [0.3, 0.4) is 0 Å². The first-order valence-electron chi connectivity index (χ1n) is 5.14. The van der Waals surface area contributed by atoms with Crippen molar-refractivity contribution >= 4 is 5.84 Å². The van der Waals surface area contributed by atoms with Gasteiger partial charge in [0.2, 0.25) is 0 Å². The van der Waals surface area contributed by atoms with Crippen molar-refractivity contribution in [3.05, 3.63) is 35.9 Å². The second kappa shape index (κ2) is 5.43. The quantitative estimate of drug-likeness (QED) is 0.573. The van der Waals surface area contributed by atoms with Gasteiger partial charge in [0.05, 0.1) is 5.84 Å². The van der Waals surface area contributed by atoms with Crippen LogP contribution in [0.15, 0.2) is 30.3 Å². The lowest BCUT2D eigenvalue weighted by atomic mass is 10.2. The second-order valence-electron chi connectivity index (χ2n) is 3.30. The molecule has 0 bridgehead atoms. The molecule has 0 aliphatic carbocycles. The molecule has 2 nitrogen and oxygen atoms in total. The molecule has 14 heavy (non-hydrogen) atoms. The second-order valence-corrected chi connectivity index (χ2v) is 3.30. The Bertz CT molecular complexity index is 280. The minimum atomic E-state index is 0.719. The lowest BCUT2D eigenvalue weighted by molar-refractivity contribution is 0.424. The maximum Gasteiger partial charge on any atom is 0.0957 e. The summed E-state index contributed by atoms with van der Waals surface area (Å²) in [5.41, 5.74) is 1.27. The largest absolute Gasteiger partial charge is 0.357 e. The summed E-state index contributed by atoms with van der Waals surface area (Å²) in [5.74, 6) is 0.719. The third-order valence-corrected chi connectivity index (χ3v) is 2.31. The number of hydrogen-bond donors (Lipinski definition) is 1. The third kappa shape index (κ3) is 2.87. The maximum absolute atomic E-state index is 7.77.